The summed E-state index contributed by atoms with van der Waals surface area (Å²) >= 11 is 0. The lowest BCUT2D eigenvalue weighted by Crippen LogP contribution is -2.20. The lowest BCUT2D eigenvalue weighted by Gasteiger charge is -2.12. The van der Waals surface area contributed by atoms with E-state index >= 15 is 0 Å². The number of anilines is 2. The Labute approximate surface area is 196 Å². The van der Waals surface area contributed by atoms with Crippen molar-refractivity contribution in [1.82, 2.24) is 9.55 Å². The molecule has 182 valence electrons. The Morgan fingerprint density at radius 2 is 1.97 bits per heavy atom. The molecule has 2 heterocycles. The van der Waals surface area contributed by atoms with Gasteiger partial charge in [0, 0.05) is 31.1 Å². The normalized spacial score (nSPS) is 11.1. The average molecular weight is 475 g/mol. The van der Waals surface area contributed by atoms with Gasteiger partial charge in [0.05, 0.1) is 24.7 Å². The summed E-state index contributed by atoms with van der Waals surface area (Å²) < 4.78 is 39.2. The molecule has 0 aliphatic rings. The van der Waals surface area contributed by atoms with Crippen molar-refractivity contribution < 1.29 is 27.8 Å². The van der Waals surface area contributed by atoms with Crippen molar-refractivity contribution in [3.05, 3.63) is 53.4 Å². The first-order valence-electron chi connectivity index (χ1n) is 10.8. The van der Waals surface area contributed by atoms with Gasteiger partial charge in [-0.1, -0.05) is 26.0 Å². The Morgan fingerprint density at radius 1 is 1.21 bits per heavy atom. The van der Waals surface area contributed by atoms with Gasteiger partial charge in [-0.05, 0) is 24.5 Å². The number of methoxy groups -OCH3 is 2. The summed E-state index contributed by atoms with van der Waals surface area (Å²) in [6, 6.07) is 5.65. The van der Waals surface area contributed by atoms with Crippen LogP contribution < -0.4 is 10.6 Å². The van der Waals surface area contributed by atoms with Gasteiger partial charge in [-0.15, -0.1) is 0 Å². The van der Waals surface area contributed by atoms with Gasteiger partial charge < -0.3 is 24.7 Å². The van der Waals surface area contributed by atoms with Crippen LogP contribution in [-0.2, 0) is 27.4 Å². The molecule has 2 aromatic heterocycles. The van der Waals surface area contributed by atoms with E-state index in [0.29, 0.717) is 29.2 Å². The summed E-state index contributed by atoms with van der Waals surface area (Å²) in [6.07, 6.45) is 2.30. The topological polar surface area (TPSA) is 94.5 Å². The second-order valence-electron chi connectivity index (χ2n) is 8.19. The summed E-state index contributed by atoms with van der Waals surface area (Å²) in [5.41, 5.74) is 1.55. The van der Waals surface area contributed by atoms with Crippen molar-refractivity contribution >= 4 is 34.3 Å². The fraction of sp³-hybridized carbons (Fsp3) is 0.375. The maximum absolute atomic E-state index is 14.0. The standard InChI is InChI=1S/C24H28F2N4O4/c1-14(2)8-9-30-22(24(32)34-4)21(29-19(31)13-33-3)17-10-16(12-28-23(17)30)27-11-15-6-5-7-18(25)20(15)26/h5-7,10,12,14,27H,8-9,11,13H2,1-4H3,(H,29,31). The Morgan fingerprint density at radius 3 is 2.65 bits per heavy atom. The summed E-state index contributed by atoms with van der Waals surface area (Å²) in [7, 11) is 2.66. The monoisotopic (exact) mass is 474 g/mol. The number of carbonyl (C=O) groups is 2. The molecule has 3 aromatic rings. The number of amides is 1. The Hall–Kier alpha value is -3.53. The van der Waals surface area contributed by atoms with Crippen LogP contribution in [0.4, 0.5) is 20.2 Å². The number of benzene rings is 1. The van der Waals surface area contributed by atoms with Gasteiger partial charge in [0.25, 0.3) is 0 Å². The Balaban J connectivity index is 2.07. The highest BCUT2D eigenvalue weighted by atomic mass is 19.2. The first kappa shape index (κ1) is 25.1. The van der Waals surface area contributed by atoms with Gasteiger partial charge in [0.2, 0.25) is 5.91 Å². The third kappa shape index (κ3) is 5.51. The number of nitrogens with one attached hydrogen (secondary N) is 2. The first-order chi connectivity index (χ1) is 16.3. The molecule has 34 heavy (non-hydrogen) atoms. The van der Waals surface area contributed by atoms with Gasteiger partial charge in [-0.3, -0.25) is 4.79 Å². The number of hydrogen-bond donors (Lipinski definition) is 2. The van der Waals surface area contributed by atoms with Crippen LogP contribution in [0.15, 0.2) is 30.5 Å². The number of fused-ring (bicyclic) bond motifs is 1. The van der Waals surface area contributed by atoms with Gasteiger partial charge >= 0.3 is 5.97 Å². The number of ether oxygens (including phenoxy) is 2. The third-order valence-corrected chi connectivity index (χ3v) is 5.26. The molecule has 0 radical (unpaired) electrons. The molecule has 0 spiro atoms. The van der Waals surface area contributed by atoms with Gasteiger partial charge in [-0.2, -0.15) is 0 Å². The number of aromatic nitrogens is 2. The average Bonchev–Trinajstić information content (AvgIpc) is 3.10. The molecule has 1 aromatic carbocycles. The maximum atomic E-state index is 14.0. The number of halogens is 2. The van der Waals surface area contributed by atoms with Crippen LogP contribution >= 0.6 is 0 Å². The van der Waals surface area contributed by atoms with E-state index in [4.69, 9.17) is 9.47 Å². The summed E-state index contributed by atoms with van der Waals surface area (Å²) in [5, 5.41) is 6.25. The van der Waals surface area contributed by atoms with Crippen molar-refractivity contribution in [3.63, 3.8) is 0 Å². The van der Waals surface area contributed by atoms with Gasteiger partial charge in [0.1, 0.15) is 12.3 Å². The molecule has 0 bridgehead atoms. The molecule has 10 heteroatoms. The SMILES string of the molecule is COCC(=O)Nc1c(C(=O)OC)n(CCC(C)C)c2ncc(NCc3cccc(F)c3F)cc12. The molecular weight excluding hydrogens is 446 g/mol. The van der Waals surface area contributed by atoms with E-state index in [-0.39, 0.29) is 30.1 Å². The van der Waals surface area contributed by atoms with Crippen LogP contribution in [0.5, 0.6) is 0 Å². The van der Waals surface area contributed by atoms with Gasteiger partial charge in [-0.25, -0.2) is 18.6 Å². The molecule has 0 aliphatic carbocycles. The summed E-state index contributed by atoms with van der Waals surface area (Å²) in [5.74, 6) is -2.57. The third-order valence-electron chi connectivity index (χ3n) is 5.26. The number of esters is 1. The Kier molecular flexibility index (Phi) is 8.17. The maximum Gasteiger partial charge on any atom is 0.356 e. The number of rotatable bonds is 10. The first-order valence-corrected chi connectivity index (χ1v) is 10.8. The molecule has 0 atom stereocenters. The fourth-order valence-corrected chi connectivity index (χ4v) is 3.55. The van der Waals surface area contributed by atoms with E-state index in [9.17, 15) is 18.4 Å². The van der Waals surface area contributed by atoms with E-state index < -0.39 is 23.5 Å². The Bertz CT molecular complexity index is 1190. The number of pyridine rings is 1. The largest absolute Gasteiger partial charge is 0.464 e. The molecule has 1 amide bonds. The van der Waals surface area contributed by atoms with Crippen molar-refractivity contribution in [2.75, 3.05) is 31.5 Å². The lowest BCUT2D eigenvalue weighted by molar-refractivity contribution is -0.119. The second-order valence-corrected chi connectivity index (χ2v) is 8.19. The number of hydrogen-bond acceptors (Lipinski definition) is 6. The number of carbonyl (C=O) groups excluding carboxylic acids is 2. The molecular formula is C24H28F2N4O4. The number of nitrogens with zero attached hydrogens (tertiary/aromatic N) is 2. The van der Waals surface area contributed by atoms with Gasteiger partial charge in [0.15, 0.2) is 17.3 Å². The summed E-state index contributed by atoms with van der Waals surface area (Å²) in [4.78, 5) is 29.6. The minimum Gasteiger partial charge on any atom is -0.464 e. The summed E-state index contributed by atoms with van der Waals surface area (Å²) in [6.45, 7) is 4.41. The van der Waals surface area contributed by atoms with Crippen molar-refractivity contribution in [2.24, 2.45) is 5.92 Å². The van der Waals surface area contributed by atoms with E-state index in [1.54, 1.807) is 10.6 Å². The molecule has 0 saturated carbocycles. The molecule has 0 aliphatic heterocycles. The van der Waals surface area contributed by atoms with E-state index in [0.717, 1.165) is 12.5 Å². The highest BCUT2D eigenvalue weighted by molar-refractivity contribution is 6.11. The lowest BCUT2D eigenvalue weighted by atomic mass is 10.1. The van der Waals surface area contributed by atoms with E-state index in [1.165, 1.54) is 32.5 Å². The zero-order valence-corrected chi connectivity index (χ0v) is 19.6. The van der Waals surface area contributed by atoms with Crippen LogP contribution in [0.1, 0.15) is 36.3 Å². The zero-order valence-electron chi connectivity index (χ0n) is 19.6. The predicted molar refractivity (Wildman–Crippen MR) is 125 cm³/mol. The van der Waals surface area contributed by atoms with Crippen LogP contribution in [0, 0.1) is 17.6 Å². The van der Waals surface area contributed by atoms with E-state index in [2.05, 4.69) is 29.5 Å². The van der Waals surface area contributed by atoms with Crippen LogP contribution in [-0.4, -0.2) is 42.3 Å². The van der Waals surface area contributed by atoms with Crippen LogP contribution in [0.25, 0.3) is 11.0 Å². The molecule has 3 rings (SSSR count). The van der Waals surface area contributed by atoms with Crippen molar-refractivity contribution in [3.8, 4) is 0 Å². The molecule has 0 fully saturated rings. The quantitative estimate of drug-likeness (QED) is 0.425. The van der Waals surface area contributed by atoms with Crippen molar-refractivity contribution in [2.45, 2.75) is 33.4 Å². The van der Waals surface area contributed by atoms with E-state index in [1.807, 2.05) is 0 Å². The molecule has 0 saturated heterocycles. The highest BCUT2D eigenvalue weighted by Gasteiger charge is 2.26. The molecule has 2 N–H and O–H groups in total. The second kappa shape index (κ2) is 11.1. The van der Waals surface area contributed by atoms with Crippen LogP contribution in [0.2, 0.25) is 0 Å². The molecule has 0 unspecified atom stereocenters. The molecule has 8 nitrogen and oxygen atoms in total. The predicted octanol–water partition coefficient (Wildman–Crippen LogP) is 4.34. The van der Waals surface area contributed by atoms with Crippen LogP contribution in [0.3, 0.4) is 0 Å². The minimum atomic E-state index is -0.930. The number of aryl methyl sites for hydroxylation is 1. The highest BCUT2D eigenvalue weighted by Crippen LogP contribution is 2.33. The fourth-order valence-electron chi connectivity index (χ4n) is 3.55. The smallest absolute Gasteiger partial charge is 0.356 e. The minimum absolute atomic E-state index is 0.0140. The van der Waals surface area contributed by atoms with Crippen molar-refractivity contribution in [1.29, 1.82) is 0 Å². The zero-order chi connectivity index (χ0) is 24.8.